The Hall–Kier alpha value is -3.19. The van der Waals surface area contributed by atoms with Crippen LogP contribution in [0.2, 0.25) is 5.02 Å². The number of ether oxygens (including phenoxy) is 3. The van der Waals surface area contributed by atoms with E-state index in [0.717, 1.165) is 5.56 Å². The van der Waals surface area contributed by atoms with Crippen molar-refractivity contribution in [1.29, 1.82) is 0 Å². The Morgan fingerprint density at radius 1 is 1.07 bits per heavy atom. The molecule has 1 amide bonds. The number of aryl methyl sites for hydroxylation is 1. The molecule has 7 nitrogen and oxygen atoms in total. The van der Waals surface area contributed by atoms with E-state index in [4.69, 9.17) is 25.8 Å². The van der Waals surface area contributed by atoms with Gasteiger partial charge in [-0.1, -0.05) is 11.6 Å². The van der Waals surface area contributed by atoms with Gasteiger partial charge in [0.25, 0.3) is 5.91 Å². The van der Waals surface area contributed by atoms with Gasteiger partial charge in [0.2, 0.25) is 0 Å². The van der Waals surface area contributed by atoms with Crippen molar-refractivity contribution in [3.8, 4) is 17.2 Å². The first-order valence-corrected chi connectivity index (χ1v) is 9.19. The number of imidazole rings is 1. The van der Waals surface area contributed by atoms with Crippen molar-refractivity contribution in [3.05, 3.63) is 70.8 Å². The second-order valence-corrected chi connectivity index (χ2v) is 6.73. The van der Waals surface area contributed by atoms with Gasteiger partial charge in [0, 0.05) is 30.5 Å². The zero-order chi connectivity index (χ0) is 21.0. The van der Waals surface area contributed by atoms with Gasteiger partial charge < -0.3 is 24.1 Å². The molecule has 0 bridgehead atoms. The van der Waals surface area contributed by atoms with Crippen LogP contribution in [0.25, 0.3) is 0 Å². The summed E-state index contributed by atoms with van der Waals surface area (Å²) in [4.78, 5) is 17.5. The number of nitrogens with zero attached hydrogens (tertiary/aromatic N) is 2. The van der Waals surface area contributed by atoms with Gasteiger partial charge in [-0.25, -0.2) is 4.98 Å². The molecule has 152 valence electrons. The Bertz CT molecular complexity index is 997. The summed E-state index contributed by atoms with van der Waals surface area (Å²) >= 11 is 6.09. The number of rotatable bonds is 7. The molecular formula is C21H22ClN3O4. The van der Waals surface area contributed by atoms with Gasteiger partial charge in [-0.2, -0.15) is 0 Å². The summed E-state index contributed by atoms with van der Waals surface area (Å²) in [6.45, 7) is 0. The Balaban J connectivity index is 2.06. The van der Waals surface area contributed by atoms with E-state index in [-0.39, 0.29) is 5.91 Å². The summed E-state index contributed by atoms with van der Waals surface area (Å²) in [6.07, 6.45) is 3.48. The molecule has 0 aliphatic rings. The summed E-state index contributed by atoms with van der Waals surface area (Å²) in [7, 11) is 6.51. The number of amides is 1. The molecule has 1 unspecified atom stereocenters. The van der Waals surface area contributed by atoms with Crippen LogP contribution >= 0.6 is 11.6 Å². The van der Waals surface area contributed by atoms with Crippen LogP contribution in [0.5, 0.6) is 17.2 Å². The van der Waals surface area contributed by atoms with Crippen LogP contribution in [0.1, 0.15) is 27.8 Å². The number of methoxy groups -OCH3 is 3. The van der Waals surface area contributed by atoms with E-state index in [1.165, 1.54) is 7.11 Å². The van der Waals surface area contributed by atoms with Crippen LogP contribution in [0.15, 0.2) is 48.8 Å². The molecule has 1 heterocycles. The first-order valence-electron chi connectivity index (χ1n) is 8.81. The minimum atomic E-state index is -0.560. The Morgan fingerprint density at radius 2 is 1.76 bits per heavy atom. The highest BCUT2D eigenvalue weighted by molar-refractivity contribution is 6.31. The van der Waals surface area contributed by atoms with Crippen molar-refractivity contribution in [2.75, 3.05) is 21.3 Å². The quantitative estimate of drug-likeness (QED) is 0.638. The van der Waals surface area contributed by atoms with Crippen molar-refractivity contribution in [3.63, 3.8) is 0 Å². The average molecular weight is 416 g/mol. The second-order valence-electron chi connectivity index (χ2n) is 6.29. The van der Waals surface area contributed by atoms with Gasteiger partial charge >= 0.3 is 0 Å². The molecule has 1 atom stereocenters. The number of halogens is 1. The number of benzene rings is 2. The smallest absolute Gasteiger partial charge is 0.255 e. The number of hydrogen-bond donors (Lipinski definition) is 1. The molecule has 0 saturated carbocycles. The maximum absolute atomic E-state index is 13.1. The minimum absolute atomic E-state index is 0.328. The van der Waals surface area contributed by atoms with Crippen molar-refractivity contribution in [2.45, 2.75) is 6.04 Å². The third kappa shape index (κ3) is 4.46. The molecule has 8 heteroatoms. The standard InChI is InChI=1S/C21H22ClN3O4/c1-25-8-7-23-20(25)19(13-9-15(27-2)12-16(10-13)28-3)24-21(26)17-11-14(22)5-6-18(17)29-4/h5-12,19H,1-4H3,(H,24,26). The first kappa shape index (κ1) is 20.5. The van der Waals surface area contributed by atoms with E-state index in [1.54, 1.807) is 44.7 Å². The molecule has 1 N–H and O–H groups in total. The molecule has 0 saturated heterocycles. The van der Waals surface area contributed by atoms with E-state index in [1.807, 2.05) is 29.9 Å². The van der Waals surface area contributed by atoms with E-state index >= 15 is 0 Å². The third-order valence-electron chi connectivity index (χ3n) is 4.51. The topological polar surface area (TPSA) is 74.6 Å². The average Bonchev–Trinajstić information content (AvgIpc) is 3.16. The summed E-state index contributed by atoms with van der Waals surface area (Å²) in [5.41, 5.74) is 1.08. The SMILES string of the molecule is COc1cc(OC)cc(C(NC(=O)c2cc(Cl)ccc2OC)c2nccn2C)c1. The normalized spacial score (nSPS) is 11.6. The van der Waals surface area contributed by atoms with Gasteiger partial charge in [-0.3, -0.25) is 4.79 Å². The molecule has 29 heavy (non-hydrogen) atoms. The molecule has 3 aromatic rings. The molecule has 0 aliphatic heterocycles. The van der Waals surface area contributed by atoms with Crippen LogP contribution in [0.3, 0.4) is 0 Å². The predicted molar refractivity (Wildman–Crippen MR) is 110 cm³/mol. The maximum Gasteiger partial charge on any atom is 0.255 e. The van der Waals surface area contributed by atoms with Gasteiger partial charge in [0.15, 0.2) is 0 Å². The molecule has 0 spiro atoms. The monoisotopic (exact) mass is 415 g/mol. The first-order chi connectivity index (χ1) is 14.0. The van der Waals surface area contributed by atoms with Crippen LogP contribution in [-0.4, -0.2) is 36.8 Å². The number of carbonyl (C=O) groups excluding carboxylic acids is 1. The molecule has 0 radical (unpaired) electrons. The van der Waals surface area contributed by atoms with E-state index < -0.39 is 6.04 Å². The lowest BCUT2D eigenvalue weighted by Crippen LogP contribution is -2.31. The Kier molecular flexibility index (Phi) is 6.29. The van der Waals surface area contributed by atoms with Gasteiger partial charge in [-0.15, -0.1) is 0 Å². The summed E-state index contributed by atoms with van der Waals surface area (Å²) in [6, 6.07) is 9.75. The fraction of sp³-hybridized carbons (Fsp3) is 0.238. The predicted octanol–water partition coefficient (Wildman–Crippen LogP) is 3.62. The molecular weight excluding hydrogens is 394 g/mol. The molecule has 0 aliphatic carbocycles. The van der Waals surface area contributed by atoms with Crippen LogP contribution in [0, 0.1) is 0 Å². The lowest BCUT2D eigenvalue weighted by atomic mass is 10.0. The lowest BCUT2D eigenvalue weighted by Gasteiger charge is -2.21. The molecule has 3 rings (SSSR count). The fourth-order valence-electron chi connectivity index (χ4n) is 3.01. The molecule has 2 aromatic carbocycles. The highest BCUT2D eigenvalue weighted by Gasteiger charge is 2.24. The van der Waals surface area contributed by atoms with E-state index in [0.29, 0.717) is 33.7 Å². The van der Waals surface area contributed by atoms with Gasteiger partial charge in [-0.05, 0) is 35.9 Å². The summed E-state index contributed by atoms with van der Waals surface area (Å²) < 4.78 is 17.9. The highest BCUT2D eigenvalue weighted by atomic mass is 35.5. The third-order valence-corrected chi connectivity index (χ3v) is 4.74. The van der Waals surface area contributed by atoms with Crippen LogP contribution < -0.4 is 19.5 Å². The van der Waals surface area contributed by atoms with Crippen molar-refractivity contribution in [2.24, 2.45) is 7.05 Å². The van der Waals surface area contributed by atoms with Crippen molar-refractivity contribution in [1.82, 2.24) is 14.9 Å². The highest BCUT2D eigenvalue weighted by Crippen LogP contribution is 2.30. The number of nitrogens with one attached hydrogen (secondary N) is 1. The summed E-state index contributed by atoms with van der Waals surface area (Å²) in [5, 5.41) is 3.46. The van der Waals surface area contributed by atoms with E-state index in [2.05, 4.69) is 10.3 Å². The Morgan fingerprint density at radius 3 is 2.31 bits per heavy atom. The largest absolute Gasteiger partial charge is 0.497 e. The van der Waals surface area contributed by atoms with Gasteiger partial charge in [0.05, 0.1) is 26.9 Å². The summed E-state index contributed by atoms with van der Waals surface area (Å²) in [5.74, 6) is 1.93. The number of carbonyl (C=O) groups is 1. The Labute approximate surface area is 174 Å². The van der Waals surface area contributed by atoms with Crippen LogP contribution in [0.4, 0.5) is 0 Å². The van der Waals surface area contributed by atoms with Gasteiger partial charge in [0.1, 0.15) is 29.1 Å². The van der Waals surface area contributed by atoms with Crippen molar-refractivity contribution >= 4 is 17.5 Å². The zero-order valence-corrected chi connectivity index (χ0v) is 17.4. The maximum atomic E-state index is 13.1. The van der Waals surface area contributed by atoms with Crippen LogP contribution in [-0.2, 0) is 7.05 Å². The minimum Gasteiger partial charge on any atom is -0.497 e. The molecule has 0 fully saturated rings. The zero-order valence-electron chi connectivity index (χ0n) is 16.6. The van der Waals surface area contributed by atoms with E-state index in [9.17, 15) is 4.79 Å². The van der Waals surface area contributed by atoms with Crippen molar-refractivity contribution < 1.29 is 19.0 Å². The fourth-order valence-corrected chi connectivity index (χ4v) is 3.19. The number of aromatic nitrogens is 2. The second kappa shape index (κ2) is 8.87. The number of hydrogen-bond acceptors (Lipinski definition) is 5. The lowest BCUT2D eigenvalue weighted by molar-refractivity contribution is 0.0938. The molecule has 1 aromatic heterocycles.